The van der Waals surface area contributed by atoms with Crippen LogP contribution in [0.4, 0.5) is 5.69 Å². The van der Waals surface area contributed by atoms with E-state index in [0.717, 1.165) is 35.8 Å². The number of aliphatic carboxylic acids is 1. The highest BCUT2D eigenvalue weighted by atomic mass is 16.5. The third-order valence-electron chi connectivity index (χ3n) is 6.37. The maximum absolute atomic E-state index is 11.9. The maximum Gasteiger partial charge on any atom is 0.336 e. The van der Waals surface area contributed by atoms with Crippen molar-refractivity contribution in [3.05, 3.63) is 90.0 Å². The summed E-state index contributed by atoms with van der Waals surface area (Å²) in [7, 11) is 0. The van der Waals surface area contributed by atoms with Crippen molar-refractivity contribution in [1.82, 2.24) is 0 Å². The molecule has 0 saturated heterocycles. The van der Waals surface area contributed by atoms with Crippen LogP contribution in [0.15, 0.2) is 78.9 Å². The second-order valence-electron chi connectivity index (χ2n) is 8.79. The quantitative estimate of drug-likeness (QED) is 0.403. The molecule has 1 aliphatic rings. The summed E-state index contributed by atoms with van der Waals surface area (Å²) in [6, 6.07) is 26.1. The third kappa shape index (κ3) is 5.95. The Kier molecular flexibility index (Phi) is 7.93. The van der Waals surface area contributed by atoms with Gasteiger partial charge in [-0.3, -0.25) is 0 Å². The Morgan fingerprint density at radius 1 is 1.00 bits per heavy atom. The molecule has 0 radical (unpaired) electrons. The van der Waals surface area contributed by atoms with Crippen molar-refractivity contribution in [2.24, 2.45) is 0 Å². The minimum Gasteiger partial charge on any atom is -0.490 e. The lowest BCUT2D eigenvalue weighted by Gasteiger charge is -2.36. The van der Waals surface area contributed by atoms with Gasteiger partial charge in [-0.05, 0) is 48.7 Å². The first kappa shape index (κ1) is 24.6. The first-order chi connectivity index (χ1) is 17.0. The number of nitrogens with zero attached hydrogens (tertiary/aromatic N) is 1. The number of hydrogen-bond acceptors (Lipinski definition) is 5. The molecule has 0 aromatic heterocycles. The summed E-state index contributed by atoms with van der Waals surface area (Å²) in [5, 5.41) is 9.72. The summed E-state index contributed by atoms with van der Waals surface area (Å²) >= 11 is 0. The number of anilines is 1. The van der Waals surface area contributed by atoms with Gasteiger partial charge in [0.1, 0.15) is 18.1 Å². The molecular formula is C29H33NO5. The van der Waals surface area contributed by atoms with Gasteiger partial charge in [0.25, 0.3) is 0 Å². The standard InChI is InChI=1S/C29H33NO5/c1-3-29(28(31)32,34-4-2)18-22-14-16-24(17-15-22)33-21-25-20-30(19-23-10-6-5-7-11-23)26-12-8-9-13-27(26)35-25/h5-17,25H,3-4,18-21H2,1-2H3,(H,31,32). The Morgan fingerprint density at radius 3 is 2.40 bits per heavy atom. The minimum atomic E-state index is -1.21. The molecule has 3 aromatic rings. The number of hydrogen-bond donors (Lipinski definition) is 1. The Morgan fingerprint density at radius 2 is 1.71 bits per heavy atom. The van der Waals surface area contributed by atoms with Crippen molar-refractivity contribution >= 4 is 11.7 Å². The second-order valence-corrected chi connectivity index (χ2v) is 8.79. The molecule has 2 unspecified atom stereocenters. The summed E-state index contributed by atoms with van der Waals surface area (Å²) < 4.78 is 17.9. The van der Waals surface area contributed by atoms with Crippen molar-refractivity contribution in [2.45, 2.75) is 44.9 Å². The zero-order valence-electron chi connectivity index (χ0n) is 20.4. The molecule has 0 saturated carbocycles. The highest BCUT2D eigenvalue weighted by Gasteiger charge is 2.37. The van der Waals surface area contributed by atoms with Gasteiger partial charge in [-0.1, -0.05) is 61.5 Å². The van der Waals surface area contributed by atoms with E-state index >= 15 is 0 Å². The van der Waals surface area contributed by atoms with Crippen molar-refractivity contribution in [3.63, 3.8) is 0 Å². The number of rotatable bonds is 11. The van der Waals surface area contributed by atoms with Crippen LogP contribution in [-0.2, 0) is 22.5 Å². The Hall–Kier alpha value is -3.51. The van der Waals surface area contributed by atoms with E-state index in [1.165, 1.54) is 5.56 Å². The average Bonchev–Trinajstić information content (AvgIpc) is 2.88. The van der Waals surface area contributed by atoms with E-state index in [9.17, 15) is 9.90 Å². The molecule has 1 aliphatic heterocycles. The van der Waals surface area contributed by atoms with E-state index in [2.05, 4.69) is 35.2 Å². The van der Waals surface area contributed by atoms with Crippen molar-refractivity contribution < 1.29 is 24.1 Å². The number of carboxylic acids is 1. The minimum absolute atomic E-state index is 0.119. The fourth-order valence-corrected chi connectivity index (χ4v) is 4.48. The Bertz CT molecular complexity index is 1100. The van der Waals surface area contributed by atoms with Crippen LogP contribution in [0.3, 0.4) is 0 Å². The van der Waals surface area contributed by atoms with Gasteiger partial charge >= 0.3 is 5.97 Å². The molecule has 0 aliphatic carbocycles. The lowest BCUT2D eigenvalue weighted by Crippen LogP contribution is -2.43. The first-order valence-electron chi connectivity index (χ1n) is 12.2. The zero-order chi connectivity index (χ0) is 24.7. The lowest BCUT2D eigenvalue weighted by atomic mass is 9.91. The number of benzene rings is 3. The molecular weight excluding hydrogens is 442 g/mol. The van der Waals surface area contributed by atoms with Crippen LogP contribution in [0.5, 0.6) is 11.5 Å². The van der Waals surface area contributed by atoms with Crippen LogP contribution >= 0.6 is 0 Å². The third-order valence-corrected chi connectivity index (χ3v) is 6.37. The van der Waals surface area contributed by atoms with E-state index < -0.39 is 11.6 Å². The molecule has 35 heavy (non-hydrogen) atoms. The number of para-hydroxylation sites is 2. The van der Waals surface area contributed by atoms with Gasteiger partial charge in [0.15, 0.2) is 11.7 Å². The second kappa shape index (κ2) is 11.3. The van der Waals surface area contributed by atoms with Crippen LogP contribution in [0.25, 0.3) is 0 Å². The topological polar surface area (TPSA) is 68.2 Å². The molecule has 0 spiro atoms. The van der Waals surface area contributed by atoms with Gasteiger partial charge in [0.2, 0.25) is 0 Å². The van der Waals surface area contributed by atoms with Gasteiger partial charge in [-0.2, -0.15) is 0 Å². The molecule has 1 heterocycles. The van der Waals surface area contributed by atoms with Crippen LogP contribution in [0.1, 0.15) is 31.4 Å². The molecule has 4 rings (SSSR count). The number of ether oxygens (including phenoxy) is 3. The monoisotopic (exact) mass is 475 g/mol. The molecule has 6 heteroatoms. The average molecular weight is 476 g/mol. The fourth-order valence-electron chi connectivity index (χ4n) is 4.48. The first-order valence-corrected chi connectivity index (χ1v) is 12.2. The molecule has 6 nitrogen and oxygen atoms in total. The highest BCUT2D eigenvalue weighted by molar-refractivity contribution is 5.78. The summed E-state index contributed by atoms with van der Waals surface area (Å²) in [5.74, 6) is 0.649. The summed E-state index contributed by atoms with van der Waals surface area (Å²) in [5.41, 5.74) is 2.02. The molecule has 2 atom stereocenters. The summed E-state index contributed by atoms with van der Waals surface area (Å²) in [4.78, 5) is 14.2. The van der Waals surface area contributed by atoms with Crippen LogP contribution in [0.2, 0.25) is 0 Å². The van der Waals surface area contributed by atoms with Gasteiger partial charge in [-0.15, -0.1) is 0 Å². The van der Waals surface area contributed by atoms with Crippen molar-refractivity contribution in [2.75, 3.05) is 24.7 Å². The lowest BCUT2D eigenvalue weighted by molar-refractivity contribution is -0.166. The van der Waals surface area contributed by atoms with E-state index in [0.29, 0.717) is 26.1 Å². The van der Waals surface area contributed by atoms with Crippen LogP contribution in [0, 0.1) is 0 Å². The normalized spacial score (nSPS) is 16.6. The molecule has 1 N–H and O–H groups in total. The highest BCUT2D eigenvalue weighted by Crippen LogP contribution is 2.34. The van der Waals surface area contributed by atoms with Crippen LogP contribution < -0.4 is 14.4 Å². The predicted molar refractivity (Wildman–Crippen MR) is 136 cm³/mol. The van der Waals surface area contributed by atoms with Crippen molar-refractivity contribution in [3.8, 4) is 11.5 Å². The number of carboxylic acid groups (broad SMARTS) is 1. The molecule has 3 aromatic carbocycles. The van der Waals surface area contributed by atoms with E-state index in [1.54, 1.807) is 0 Å². The number of fused-ring (bicyclic) bond motifs is 1. The van der Waals surface area contributed by atoms with Gasteiger partial charge in [0.05, 0.1) is 12.2 Å². The molecule has 0 bridgehead atoms. The van der Waals surface area contributed by atoms with E-state index in [1.807, 2.05) is 62.4 Å². The Labute approximate surface area is 207 Å². The van der Waals surface area contributed by atoms with Gasteiger partial charge < -0.3 is 24.2 Å². The molecule has 184 valence electrons. The summed E-state index contributed by atoms with van der Waals surface area (Å²) in [6.45, 7) is 5.94. The molecule has 0 fully saturated rings. The predicted octanol–water partition coefficient (Wildman–Crippen LogP) is 5.35. The maximum atomic E-state index is 11.9. The number of carbonyl (C=O) groups is 1. The fraction of sp³-hybridized carbons (Fsp3) is 0.345. The zero-order valence-corrected chi connectivity index (χ0v) is 20.4. The SMILES string of the molecule is CCOC(CC)(Cc1ccc(OCC2CN(Cc3ccccc3)c3ccccc3O2)cc1)C(=O)O. The molecule has 0 amide bonds. The smallest absolute Gasteiger partial charge is 0.336 e. The summed E-state index contributed by atoms with van der Waals surface area (Å²) in [6.07, 6.45) is 0.587. The van der Waals surface area contributed by atoms with E-state index in [-0.39, 0.29) is 6.10 Å². The van der Waals surface area contributed by atoms with E-state index in [4.69, 9.17) is 14.2 Å². The Balaban J connectivity index is 1.40. The van der Waals surface area contributed by atoms with Gasteiger partial charge in [0, 0.05) is 19.6 Å². The van der Waals surface area contributed by atoms with Crippen molar-refractivity contribution in [1.29, 1.82) is 0 Å². The largest absolute Gasteiger partial charge is 0.490 e. The van der Waals surface area contributed by atoms with Gasteiger partial charge in [-0.25, -0.2) is 4.79 Å². The van der Waals surface area contributed by atoms with Crippen LogP contribution in [-0.4, -0.2) is 42.5 Å².